The number of hydrogen-bond donors (Lipinski definition) is 1. The first-order valence-corrected chi connectivity index (χ1v) is 8.05. The van der Waals surface area contributed by atoms with E-state index < -0.39 is 0 Å². The second-order valence-corrected chi connectivity index (χ2v) is 6.21. The van der Waals surface area contributed by atoms with E-state index in [0.29, 0.717) is 15.6 Å². The zero-order valence-electron chi connectivity index (χ0n) is 12.5. The number of nitrogens with one attached hydrogen (secondary N) is 1. The van der Waals surface area contributed by atoms with Gasteiger partial charge in [0.05, 0.1) is 21.7 Å². The maximum Gasteiger partial charge on any atom is 0.254 e. The van der Waals surface area contributed by atoms with E-state index in [0.717, 1.165) is 10.9 Å². The molecule has 116 valence electrons. The summed E-state index contributed by atoms with van der Waals surface area (Å²) in [5.41, 5.74) is 1.34. The van der Waals surface area contributed by atoms with E-state index in [4.69, 9.17) is 23.2 Å². The van der Waals surface area contributed by atoms with E-state index in [1.165, 1.54) is 5.39 Å². The average Bonchev–Trinajstić information content (AvgIpc) is 2.54. The third kappa shape index (κ3) is 3.34. The number of carbonyl (C=O) groups excluding carboxylic acids is 1. The fraction of sp³-hybridized carbons (Fsp3) is 0.105. The largest absolute Gasteiger partial charge is 0.345 e. The third-order valence-electron chi connectivity index (χ3n) is 3.81. The summed E-state index contributed by atoms with van der Waals surface area (Å²) in [4.78, 5) is 12.5. The van der Waals surface area contributed by atoms with Gasteiger partial charge in [0, 0.05) is 0 Å². The number of fused-ring (bicyclic) bond motifs is 1. The summed E-state index contributed by atoms with van der Waals surface area (Å²) in [6.07, 6.45) is 0. The highest BCUT2D eigenvalue weighted by Gasteiger charge is 2.17. The van der Waals surface area contributed by atoms with Gasteiger partial charge in [0.15, 0.2) is 0 Å². The molecule has 3 aromatic carbocycles. The van der Waals surface area contributed by atoms with Crippen molar-refractivity contribution in [2.45, 2.75) is 13.0 Å². The minimum Gasteiger partial charge on any atom is -0.345 e. The molecule has 1 atom stereocenters. The number of hydrogen-bond acceptors (Lipinski definition) is 1. The van der Waals surface area contributed by atoms with Gasteiger partial charge in [-0.3, -0.25) is 4.79 Å². The van der Waals surface area contributed by atoms with Crippen LogP contribution in [-0.2, 0) is 0 Å². The highest BCUT2D eigenvalue weighted by Crippen LogP contribution is 2.26. The van der Waals surface area contributed by atoms with Crippen molar-refractivity contribution in [3.63, 3.8) is 0 Å². The second-order valence-electron chi connectivity index (χ2n) is 5.40. The van der Waals surface area contributed by atoms with Gasteiger partial charge in [0.1, 0.15) is 0 Å². The zero-order chi connectivity index (χ0) is 16.4. The predicted molar refractivity (Wildman–Crippen MR) is 96.3 cm³/mol. The maximum absolute atomic E-state index is 12.5. The van der Waals surface area contributed by atoms with Crippen LogP contribution in [0.3, 0.4) is 0 Å². The molecule has 2 nitrogen and oxygen atoms in total. The maximum atomic E-state index is 12.5. The van der Waals surface area contributed by atoms with Crippen molar-refractivity contribution in [1.82, 2.24) is 5.32 Å². The van der Waals surface area contributed by atoms with Crippen molar-refractivity contribution >= 4 is 39.9 Å². The SMILES string of the molecule is CC(NC(=O)c1c(Cl)cccc1Cl)c1ccc2ccccc2c1. The Balaban J connectivity index is 1.85. The molecule has 0 aliphatic heterocycles. The van der Waals surface area contributed by atoms with Gasteiger partial charge in [-0.2, -0.15) is 0 Å². The summed E-state index contributed by atoms with van der Waals surface area (Å²) in [6, 6.07) is 19.1. The standard InChI is InChI=1S/C19H15Cl2NO/c1-12(14-10-9-13-5-2-3-6-15(13)11-14)22-19(23)18-16(20)7-4-8-17(18)21/h2-12H,1H3,(H,22,23). The molecule has 0 aromatic heterocycles. The van der Waals surface area contributed by atoms with Gasteiger partial charge in [-0.05, 0) is 41.5 Å². The van der Waals surface area contributed by atoms with Crippen LogP contribution in [-0.4, -0.2) is 5.91 Å². The molecule has 4 heteroatoms. The van der Waals surface area contributed by atoms with Crippen LogP contribution in [0.5, 0.6) is 0 Å². The van der Waals surface area contributed by atoms with E-state index in [-0.39, 0.29) is 11.9 Å². The van der Waals surface area contributed by atoms with Crippen LogP contribution in [0.2, 0.25) is 10.0 Å². The van der Waals surface area contributed by atoms with Gasteiger partial charge in [-0.25, -0.2) is 0 Å². The molecular weight excluding hydrogens is 329 g/mol. The van der Waals surface area contributed by atoms with E-state index in [1.54, 1.807) is 18.2 Å². The van der Waals surface area contributed by atoms with E-state index in [2.05, 4.69) is 29.6 Å². The third-order valence-corrected chi connectivity index (χ3v) is 4.44. The molecule has 0 radical (unpaired) electrons. The Kier molecular flexibility index (Phi) is 4.56. The van der Waals surface area contributed by atoms with Crippen LogP contribution >= 0.6 is 23.2 Å². The lowest BCUT2D eigenvalue weighted by Crippen LogP contribution is -2.27. The Bertz CT molecular complexity index is 856. The van der Waals surface area contributed by atoms with Crippen LogP contribution in [0.4, 0.5) is 0 Å². The first kappa shape index (κ1) is 15.9. The van der Waals surface area contributed by atoms with E-state index in [9.17, 15) is 4.79 Å². The second kappa shape index (κ2) is 6.61. The number of benzene rings is 3. The molecule has 3 rings (SSSR count). The molecule has 0 saturated heterocycles. The van der Waals surface area contributed by atoms with Gasteiger partial charge in [-0.1, -0.05) is 65.7 Å². The minimum atomic E-state index is -0.277. The van der Waals surface area contributed by atoms with Gasteiger partial charge < -0.3 is 5.32 Å². The number of rotatable bonds is 3. The van der Waals surface area contributed by atoms with E-state index in [1.807, 2.05) is 25.1 Å². The summed E-state index contributed by atoms with van der Waals surface area (Å²) in [5.74, 6) is -0.277. The fourth-order valence-corrected chi connectivity index (χ4v) is 3.11. The highest BCUT2D eigenvalue weighted by atomic mass is 35.5. The van der Waals surface area contributed by atoms with Crippen LogP contribution < -0.4 is 5.32 Å². The van der Waals surface area contributed by atoms with Crippen molar-refractivity contribution in [3.05, 3.63) is 81.8 Å². The lowest BCUT2D eigenvalue weighted by atomic mass is 10.0. The lowest BCUT2D eigenvalue weighted by molar-refractivity contribution is 0.0940. The number of carbonyl (C=O) groups is 1. The van der Waals surface area contributed by atoms with Crippen molar-refractivity contribution in [1.29, 1.82) is 0 Å². The van der Waals surface area contributed by atoms with Crippen molar-refractivity contribution < 1.29 is 4.79 Å². The summed E-state index contributed by atoms with van der Waals surface area (Å²) < 4.78 is 0. The van der Waals surface area contributed by atoms with Crippen LogP contribution in [0.15, 0.2) is 60.7 Å². The lowest BCUT2D eigenvalue weighted by Gasteiger charge is -2.16. The van der Waals surface area contributed by atoms with Crippen molar-refractivity contribution in [3.8, 4) is 0 Å². The Morgan fingerprint density at radius 1 is 0.913 bits per heavy atom. The number of halogens is 2. The Morgan fingerprint density at radius 3 is 2.26 bits per heavy atom. The van der Waals surface area contributed by atoms with Crippen LogP contribution in [0, 0.1) is 0 Å². The van der Waals surface area contributed by atoms with Gasteiger partial charge in [-0.15, -0.1) is 0 Å². The Morgan fingerprint density at radius 2 is 1.57 bits per heavy atom. The van der Waals surface area contributed by atoms with Crippen LogP contribution in [0.1, 0.15) is 28.9 Å². The molecule has 0 heterocycles. The molecule has 0 aliphatic rings. The molecule has 3 aromatic rings. The molecule has 0 spiro atoms. The molecular formula is C19H15Cl2NO. The van der Waals surface area contributed by atoms with Gasteiger partial charge in [0.25, 0.3) is 5.91 Å². The monoisotopic (exact) mass is 343 g/mol. The number of amides is 1. The quantitative estimate of drug-likeness (QED) is 0.655. The highest BCUT2D eigenvalue weighted by molar-refractivity contribution is 6.39. The van der Waals surface area contributed by atoms with Crippen LogP contribution in [0.25, 0.3) is 10.8 Å². The molecule has 0 saturated carbocycles. The van der Waals surface area contributed by atoms with Gasteiger partial charge in [0.2, 0.25) is 0 Å². The normalized spacial score (nSPS) is 12.1. The average molecular weight is 344 g/mol. The molecule has 0 fully saturated rings. The van der Waals surface area contributed by atoms with E-state index >= 15 is 0 Å². The zero-order valence-corrected chi connectivity index (χ0v) is 14.0. The Hall–Kier alpha value is -2.03. The smallest absolute Gasteiger partial charge is 0.254 e. The van der Waals surface area contributed by atoms with Crippen molar-refractivity contribution in [2.24, 2.45) is 0 Å². The summed E-state index contributed by atoms with van der Waals surface area (Å²) in [7, 11) is 0. The van der Waals surface area contributed by atoms with Crippen molar-refractivity contribution in [2.75, 3.05) is 0 Å². The Labute approximate surface area is 145 Å². The first-order valence-electron chi connectivity index (χ1n) is 7.30. The summed E-state index contributed by atoms with van der Waals surface area (Å²) in [5, 5.41) is 5.96. The van der Waals surface area contributed by atoms with Gasteiger partial charge >= 0.3 is 0 Å². The minimum absolute atomic E-state index is 0.153. The fourth-order valence-electron chi connectivity index (χ4n) is 2.54. The molecule has 0 aliphatic carbocycles. The molecule has 1 unspecified atom stereocenters. The molecule has 23 heavy (non-hydrogen) atoms. The molecule has 0 bridgehead atoms. The first-order chi connectivity index (χ1) is 11.1. The summed E-state index contributed by atoms with van der Waals surface area (Å²) >= 11 is 12.2. The molecule has 1 amide bonds. The molecule has 1 N–H and O–H groups in total. The summed E-state index contributed by atoms with van der Waals surface area (Å²) in [6.45, 7) is 1.94. The predicted octanol–water partition coefficient (Wildman–Crippen LogP) is 5.64. The topological polar surface area (TPSA) is 29.1 Å².